The van der Waals surface area contributed by atoms with E-state index in [1.54, 1.807) is 36.4 Å². The van der Waals surface area contributed by atoms with Gasteiger partial charge in [0, 0.05) is 39.2 Å². The third-order valence-corrected chi connectivity index (χ3v) is 5.34. The molecule has 1 atom stereocenters. The fourth-order valence-corrected chi connectivity index (χ4v) is 3.63. The van der Waals surface area contributed by atoms with Gasteiger partial charge in [-0.05, 0) is 48.9 Å². The number of aliphatic carboxylic acids is 2. The van der Waals surface area contributed by atoms with Gasteiger partial charge in [0.15, 0.2) is 5.71 Å². The van der Waals surface area contributed by atoms with Gasteiger partial charge in [0.2, 0.25) is 0 Å². The number of nitrogens with one attached hydrogen (secondary N) is 1. The maximum atomic E-state index is 11.5. The number of allylic oxidation sites excluding steroid dienone is 1. The molecule has 1 aliphatic rings. The van der Waals surface area contributed by atoms with E-state index in [0.29, 0.717) is 21.4 Å². The van der Waals surface area contributed by atoms with E-state index in [1.807, 2.05) is 12.1 Å². The molecule has 0 amide bonds. The highest BCUT2D eigenvalue weighted by Gasteiger charge is 2.36. The maximum absolute atomic E-state index is 11.5. The summed E-state index contributed by atoms with van der Waals surface area (Å²) in [6.45, 7) is 1.44. The van der Waals surface area contributed by atoms with Crippen molar-refractivity contribution in [3.8, 4) is 0 Å². The second kappa shape index (κ2) is 13.6. The Labute approximate surface area is 227 Å². The van der Waals surface area contributed by atoms with Gasteiger partial charge >= 0.3 is 11.9 Å². The summed E-state index contributed by atoms with van der Waals surface area (Å²) in [5.41, 5.74) is 13.9. The van der Waals surface area contributed by atoms with Crippen molar-refractivity contribution in [2.75, 3.05) is 11.5 Å². The molecule has 7 N–H and O–H groups in total. The highest BCUT2D eigenvalue weighted by molar-refractivity contribution is 6.39. The number of non-ortho nitro benzene ring substituents is 1. The lowest BCUT2D eigenvalue weighted by Crippen LogP contribution is -2.34. The number of anilines is 2. The topological polar surface area (TPSA) is 194 Å². The van der Waals surface area contributed by atoms with Crippen LogP contribution in [0.15, 0.2) is 89.2 Å². The number of nitrogen functional groups attached to an aromatic ring is 2. The minimum atomic E-state index is -1.41. The minimum Gasteiger partial charge on any atom is -0.478 e. The van der Waals surface area contributed by atoms with Crippen LogP contribution in [-0.2, 0) is 9.59 Å². The lowest BCUT2D eigenvalue weighted by atomic mass is 9.84. The number of benzene rings is 3. The number of carboxylic acid groups (broad SMARTS) is 2. The van der Waals surface area contributed by atoms with Gasteiger partial charge in [0.25, 0.3) is 5.69 Å². The van der Waals surface area contributed by atoms with E-state index in [2.05, 4.69) is 10.5 Å². The van der Waals surface area contributed by atoms with Gasteiger partial charge < -0.3 is 21.7 Å². The van der Waals surface area contributed by atoms with Crippen LogP contribution in [0.25, 0.3) is 0 Å². The Kier molecular flexibility index (Phi) is 10.6. The van der Waals surface area contributed by atoms with Gasteiger partial charge in [0.1, 0.15) is 0 Å². The van der Waals surface area contributed by atoms with Gasteiger partial charge in [-0.1, -0.05) is 47.5 Å². The second-order valence-corrected chi connectivity index (χ2v) is 8.53. The number of nitrogens with zero attached hydrogens (tertiary/aromatic N) is 2. The number of carbonyl (C=O) groups is 2. The molecule has 38 heavy (non-hydrogen) atoms. The monoisotopic (exact) mass is 559 g/mol. The molecule has 0 bridgehead atoms. The van der Waals surface area contributed by atoms with Crippen molar-refractivity contribution in [1.29, 1.82) is 0 Å². The summed E-state index contributed by atoms with van der Waals surface area (Å²) in [7, 11) is 0. The van der Waals surface area contributed by atoms with Gasteiger partial charge in [-0.2, -0.15) is 5.10 Å². The Morgan fingerprint density at radius 1 is 0.921 bits per heavy atom. The lowest BCUT2D eigenvalue weighted by molar-refractivity contribution is -0.384. The Morgan fingerprint density at radius 2 is 1.45 bits per heavy atom. The first-order valence-corrected chi connectivity index (χ1v) is 11.4. The van der Waals surface area contributed by atoms with Crippen LogP contribution < -0.4 is 16.9 Å². The molecule has 13 heteroatoms. The van der Waals surface area contributed by atoms with Crippen molar-refractivity contribution < 1.29 is 24.7 Å². The predicted octanol–water partition coefficient (Wildman–Crippen LogP) is 4.93. The smallest absolute Gasteiger partial charge is 0.353 e. The van der Waals surface area contributed by atoms with E-state index in [1.165, 1.54) is 25.1 Å². The first-order chi connectivity index (χ1) is 17.9. The first-order valence-electron chi connectivity index (χ1n) is 10.7. The quantitative estimate of drug-likeness (QED) is 0.167. The van der Waals surface area contributed by atoms with Gasteiger partial charge in [-0.15, -0.1) is 0 Å². The molecular weight excluding hydrogens is 537 g/mol. The molecule has 198 valence electrons. The summed E-state index contributed by atoms with van der Waals surface area (Å²) in [5.74, 6) is -3.93. The molecular formula is C25H23Cl2N5O6. The first kappa shape index (κ1) is 29.6. The van der Waals surface area contributed by atoms with Crippen molar-refractivity contribution in [3.63, 3.8) is 0 Å². The van der Waals surface area contributed by atoms with Crippen LogP contribution in [0.3, 0.4) is 0 Å². The van der Waals surface area contributed by atoms with E-state index in [4.69, 9.17) is 34.7 Å². The molecule has 0 aromatic heterocycles. The van der Waals surface area contributed by atoms with Crippen molar-refractivity contribution in [2.24, 2.45) is 5.10 Å². The van der Waals surface area contributed by atoms with Gasteiger partial charge in [-0.3, -0.25) is 15.5 Å². The zero-order valence-corrected chi connectivity index (χ0v) is 21.3. The Morgan fingerprint density at radius 3 is 1.84 bits per heavy atom. The summed E-state index contributed by atoms with van der Waals surface area (Å²) in [6, 6.07) is 19.4. The van der Waals surface area contributed by atoms with Crippen LogP contribution in [0.5, 0.6) is 0 Å². The number of rotatable bonds is 4. The molecule has 0 fully saturated rings. The predicted molar refractivity (Wildman–Crippen MR) is 146 cm³/mol. The highest BCUT2D eigenvalue weighted by atomic mass is 35.5. The molecule has 1 heterocycles. The third-order valence-electron chi connectivity index (χ3n) is 4.87. The molecule has 0 spiro atoms. The summed E-state index contributed by atoms with van der Waals surface area (Å²) >= 11 is 11.1. The molecule has 0 saturated heterocycles. The molecule has 3 aromatic carbocycles. The third kappa shape index (κ3) is 8.50. The van der Waals surface area contributed by atoms with Crippen LogP contribution in [0.2, 0.25) is 10.0 Å². The van der Waals surface area contributed by atoms with Gasteiger partial charge in [0.05, 0.1) is 16.4 Å². The average Bonchev–Trinajstić information content (AvgIpc) is 2.84. The molecule has 0 saturated carbocycles. The van der Waals surface area contributed by atoms with Crippen LogP contribution >= 0.6 is 23.2 Å². The molecule has 4 rings (SSSR count). The fraction of sp³-hybridized carbons (Fsp3) is 0.0800. The Bertz CT molecular complexity index is 1330. The SMILES string of the molecule is CC1=C(C(=O)O)C(c2cccc([N+](=O)[O-])c2)C(C(=O)O)=NN1.Nc1cccc(Cl)c1.Nc1cccc(Cl)c1. The van der Waals surface area contributed by atoms with Crippen LogP contribution in [-0.4, -0.2) is 32.8 Å². The molecule has 3 aromatic rings. The van der Waals surface area contributed by atoms with E-state index >= 15 is 0 Å². The number of hydrogen-bond acceptors (Lipinski definition) is 8. The number of nitro benzene ring substituents is 1. The Balaban J connectivity index is 0.000000256. The van der Waals surface area contributed by atoms with E-state index in [0.717, 1.165) is 6.07 Å². The molecule has 0 radical (unpaired) electrons. The van der Waals surface area contributed by atoms with Crippen LogP contribution in [0.4, 0.5) is 17.1 Å². The maximum Gasteiger partial charge on any atom is 0.353 e. The van der Waals surface area contributed by atoms with E-state index in [9.17, 15) is 29.9 Å². The normalized spacial score (nSPS) is 14.0. The molecule has 11 nitrogen and oxygen atoms in total. The van der Waals surface area contributed by atoms with Crippen LogP contribution in [0.1, 0.15) is 18.4 Å². The number of nitrogens with two attached hydrogens (primary N) is 2. The number of hydrazone groups is 1. The number of halogens is 2. The number of hydrogen-bond donors (Lipinski definition) is 5. The standard InChI is InChI=1S/C13H11N3O6.2C6H6ClN/c1-6-9(12(17)18)10(11(13(19)20)15-14-6)7-3-2-4-8(5-7)16(21)22;2*7-5-2-1-3-6(8)4-5/h2-5,10,14H,1H3,(H,17,18)(H,19,20);2*1-4H,8H2. The van der Waals surface area contributed by atoms with Crippen molar-refractivity contribution >= 4 is 57.9 Å². The van der Waals surface area contributed by atoms with Crippen LogP contribution in [0, 0.1) is 10.1 Å². The Hall–Kier alpha value is -4.61. The van der Waals surface area contributed by atoms with Gasteiger partial charge in [-0.25, -0.2) is 9.59 Å². The lowest BCUT2D eigenvalue weighted by Gasteiger charge is -2.24. The summed E-state index contributed by atoms with van der Waals surface area (Å²) < 4.78 is 0. The molecule has 0 aliphatic carbocycles. The second-order valence-electron chi connectivity index (χ2n) is 7.65. The average molecular weight is 560 g/mol. The van der Waals surface area contributed by atoms with Crippen molar-refractivity contribution in [1.82, 2.24) is 5.43 Å². The summed E-state index contributed by atoms with van der Waals surface area (Å²) in [6.07, 6.45) is 0. The van der Waals surface area contributed by atoms with Crippen molar-refractivity contribution in [3.05, 3.63) is 110 Å². The van der Waals surface area contributed by atoms with E-state index < -0.39 is 28.5 Å². The summed E-state index contributed by atoms with van der Waals surface area (Å²) in [5, 5.41) is 34.4. The summed E-state index contributed by atoms with van der Waals surface area (Å²) in [4.78, 5) is 33.0. The highest BCUT2D eigenvalue weighted by Crippen LogP contribution is 2.32. The zero-order valence-electron chi connectivity index (χ0n) is 19.8. The number of nitro groups is 1. The molecule has 1 aliphatic heterocycles. The number of carboxylic acids is 2. The zero-order chi connectivity index (χ0) is 28.4. The fourth-order valence-electron chi connectivity index (χ4n) is 3.23. The molecule has 1 unspecified atom stereocenters. The van der Waals surface area contributed by atoms with E-state index in [-0.39, 0.29) is 22.5 Å². The van der Waals surface area contributed by atoms with Crippen molar-refractivity contribution in [2.45, 2.75) is 12.8 Å². The minimum absolute atomic E-state index is 0.175. The largest absolute Gasteiger partial charge is 0.478 e.